The van der Waals surface area contributed by atoms with Crippen LogP contribution in [0.2, 0.25) is 0 Å². The van der Waals surface area contributed by atoms with Gasteiger partial charge in [-0.3, -0.25) is 4.79 Å². The minimum absolute atomic E-state index is 0. The lowest BCUT2D eigenvalue weighted by molar-refractivity contribution is -0.130. The van der Waals surface area contributed by atoms with Crippen molar-refractivity contribution in [1.82, 2.24) is 4.90 Å². The van der Waals surface area contributed by atoms with Gasteiger partial charge in [-0.05, 0) is 31.9 Å². The number of rotatable bonds is 9. The topological polar surface area (TPSA) is 46.3 Å². The first-order chi connectivity index (χ1) is 10.4. The van der Waals surface area contributed by atoms with Gasteiger partial charge in [-0.15, -0.1) is 12.4 Å². The van der Waals surface area contributed by atoms with E-state index >= 15 is 0 Å². The van der Waals surface area contributed by atoms with E-state index in [0.29, 0.717) is 6.42 Å². The highest BCUT2D eigenvalue weighted by Gasteiger charge is 2.24. The van der Waals surface area contributed by atoms with Crippen molar-refractivity contribution in [1.29, 1.82) is 0 Å². The maximum absolute atomic E-state index is 12.2. The number of likely N-dealkylation sites (N-methyl/N-ethyl adjacent to an activating group) is 1. The Morgan fingerprint density at radius 1 is 1.09 bits per heavy atom. The first-order valence-corrected chi connectivity index (χ1v) is 8.38. The van der Waals surface area contributed by atoms with Gasteiger partial charge < -0.3 is 10.6 Å². The first-order valence-electron chi connectivity index (χ1n) is 8.38. The van der Waals surface area contributed by atoms with Gasteiger partial charge in [-0.2, -0.15) is 0 Å². The summed E-state index contributed by atoms with van der Waals surface area (Å²) in [4.78, 5) is 14.1. The van der Waals surface area contributed by atoms with E-state index in [1.807, 2.05) is 11.9 Å². The van der Waals surface area contributed by atoms with Crippen LogP contribution in [-0.2, 0) is 10.2 Å². The number of aryl methyl sites for hydroxylation is 1. The average Bonchev–Trinajstić information content (AvgIpc) is 2.46. The van der Waals surface area contributed by atoms with Crippen LogP contribution in [-0.4, -0.2) is 30.9 Å². The zero-order valence-electron chi connectivity index (χ0n) is 15.1. The quantitative estimate of drug-likeness (QED) is 0.689. The average molecular weight is 341 g/mol. The van der Waals surface area contributed by atoms with Gasteiger partial charge in [0, 0.05) is 25.4 Å². The molecule has 1 rings (SSSR count). The third-order valence-electron chi connectivity index (χ3n) is 4.24. The van der Waals surface area contributed by atoms with Crippen LogP contribution in [0, 0.1) is 6.92 Å². The number of unbranched alkanes of at least 4 members (excludes halogenated alkanes) is 3. The number of nitrogens with two attached hydrogens (primary N) is 1. The maximum Gasteiger partial charge on any atom is 0.222 e. The fourth-order valence-corrected chi connectivity index (χ4v) is 2.74. The van der Waals surface area contributed by atoms with Crippen LogP contribution in [0.15, 0.2) is 24.3 Å². The van der Waals surface area contributed by atoms with Gasteiger partial charge in [-0.1, -0.05) is 56.5 Å². The van der Waals surface area contributed by atoms with E-state index in [-0.39, 0.29) is 23.7 Å². The van der Waals surface area contributed by atoms with Crippen LogP contribution in [0.25, 0.3) is 0 Å². The maximum atomic E-state index is 12.2. The largest absolute Gasteiger partial charge is 0.345 e. The van der Waals surface area contributed by atoms with Crippen LogP contribution in [0.3, 0.4) is 0 Å². The van der Waals surface area contributed by atoms with E-state index < -0.39 is 0 Å². The molecular formula is C19H33ClN2O. The number of nitrogens with zero attached hydrogens (tertiary/aromatic N) is 1. The predicted molar refractivity (Wildman–Crippen MR) is 101 cm³/mol. The van der Waals surface area contributed by atoms with E-state index in [1.54, 1.807) is 0 Å². The molecule has 0 fully saturated rings. The lowest BCUT2D eigenvalue weighted by atomic mass is 9.84. The predicted octanol–water partition coefficient (Wildman–Crippen LogP) is 4.06. The molecule has 132 valence electrons. The summed E-state index contributed by atoms with van der Waals surface area (Å²) < 4.78 is 0. The molecule has 0 bridgehead atoms. The Labute approximate surface area is 148 Å². The lowest BCUT2D eigenvalue weighted by Crippen LogP contribution is -2.38. The Bertz CT molecular complexity index is 457. The van der Waals surface area contributed by atoms with Gasteiger partial charge in [0.15, 0.2) is 0 Å². The highest BCUT2D eigenvalue weighted by Crippen LogP contribution is 2.24. The summed E-state index contributed by atoms with van der Waals surface area (Å²) in [7, 11) is 1.91. The molecule has 2 N–H and O–H groups in total. The summed E-state index contributed by atoms with van der Waals surface area (Å²) in [6, 6.07) is 8.60. The molecule has 4 heteroatoms. The minimum atomic E-state index is -0.0301. The zero-order chi connectivity index (χ0) is 16.6. The second-order valence-electron chi connectivity index (χ2n) is 6.95. The molecule has 0 aliphatic carbocycles. The number of carbonyl (C=O) groups excluding carboxylic acids is 1. The van der Waals surface area contributed by atoms with Gasteiger partial charge >= 0.3 is 0 Å². The number of carbonyl (C=O) groups is 1. The smallest absolute Gasteiger partial charge is 0.222 e. The van der Waals surface area contributed by atoms with Crippen LogP contribution in [0.5, 0.6) is 0 Å². The first kappa shape index (κ1) is 21.9. The summed E-state index contributed by atoms with van der Waals surface area (Å²) in [6.07, 6.45) is 4.89. The van der Waals surface area contributed by atoms with Crippen LogP contribution in [0.4, 0.5) is 0 Å². The number of hydrogen-bond acceptors (Lipinski definition) is 2. The molecular weight excluding hydrogens is 308 g/mol. The standard InChI is InChI=1S/C19H32N2O.ClH/c1-16-10-12-17(13-11-16)19(2,3)15-21(4)18(22)9-7-5-6-8-14-20;/h10-13H,5-9,14-15,20H2,1-4H3;1H. The van der Waals surface area contributed by atoms with Crippen LogP contribution < -0.4 is 5.73 Å². The number of amides is 1. The fraction of sp³-hybridized carbons (Fsp3) is 0.632. The molecule has 0 aliphatic rings. The van der Waals surface area contributed by atoms with Crippen molar-refractivity contribution < 1.29 is 4.79 Å². The summed E-state index contributed by atoms with van der Waals surface area (Å²) in [6.45, 7) is 7.98. The summed E-state index contributed by atoms with van der Waals surface area (Å²) in [5.41, 5.74) is 7.99. The van der Waals surface area contributed by atoms with Gasteiger partial charge in [0.1, 0.15) is 0 Å². The molecule has 0 aliphatic heterocycles. The second-order valence-corrected chi connectivity index (χ2v) is 6.95. The zero-order valence-corrected chi connectivity index (χ0v) is 15.9. The van der Waals surface area contributed by atoms with Gasteiger partial charge in [0.2, 0.25) is 5.91 Å². The van der Waals surface area contributed by atoms with E-state index in [4.69, 9.17) is 5.73 Å². The Hall–Kier alpha value is -1.06. The summed E-state index contributed by atoms with van der Waals surface area (Å²) >= 11 is 0. The van der Waals surface area contributed by atoms with Crippen molar-refractivity contribution in [3.8, 4) is 0 Å². The Kier molecular flexibility index (Phi) is 10.2. The highest BCUT2D eigenvalue weighted by atomic mass is 35.5. The van der Waals surface area contributed by atoms with Crippen molar-refractivity contribution in [3.63, 3.8) is 0 Å². The minimum Gasteiger partial charge on any atom is -0.345 e. The molecule has 0 saturated heterocycles. The number of halogens is 1. The molecule has 0 aromatic heterocycles. The number of benzene rings is 1. The monoisotopic (exact) mass is 340 g/mol. The van der Waals surface area contributed by atoms with Crippen LogP contribution >= 0.6 is 12.4 Å². The molecule has 1 aromatic rings. The lowest BCUT2D eigenvalue weighted by Gasteiger charge is -2.31. The molecule has 0 heterocycles. The second kappa shape index (κ2) is 10.7. The molecule has 0 radical (unpaired) electrons. The van der Waals surface area contributed by atoms with Crippen molar-refractivity contribution >= 4 is 18.3 Å². The molecule has 0 unspecified atom stereocenters. The molecule has 3 nitrogen and oxygen atoms in total. The van der Waals surface area contributed by atoms with Crippen molar-refractivity contribution in [3.05, 3.63) is 35.4 Å². The van der Waals surface area contributed by atoms with E-state index in [1.165, 1.54) is 11.1 Å². The SMILES string of the molecule is Cc1ccc(C(C)(C)CN(C)C(=O)CCCCCCN)cc1.Cl. The third-order valence-corrected chi connectivity index (χ3v) is 4.24. The molecule has 0 saturated carbocycles. The third kappa shape index (κ3) is 7.85. The van der Waals surface area contributed by atoms with Gasteiger partial charge in [0.05, 0.1) is 0 Å². The molecule has 0 spiro atoms. The summed E-state index contributed by atoms with van der Waals surface area (Å²) in [5, 5.41) is 0. The normalized spacial score (nSPS) is 11.0. The van der Waals surface area contributed by atoms with E-state index in [0.717, 1.165) is 38.8 Å². The Balaban J connectivity index is 0.00000484. The van der Waals surface area contributed by atoms with Crippen molar-refractivity contribution in [2.45, 2.75) is 58.3 Å². The molecule has 1 aromatic carbocycles. The van der Waals surface area contributed by atoms with Crippen molar-refractivity contribution in [2.24, 2.45) is 5.73 Å². The Morgan fingerprint density at radius 2 is 1.65 bits per heavy atom. The van der Waals surface area contributed by atoms with Crippen LogP contribution in [0.1, 0.15) is 57.1 Å². The molecule has 0 atom stereocenters. The van der Waals surface area contributed by atoms with E-state index in [2.05, 4.69) is 45.0 Å². The fourth-order valence-electron chi connectivity index (χ4n) is 2.74. The molecule has 23 heavy (non-hydrogen) atoms. The summed E-state index contributed by atoms with van der Waals surface area (Å²) in [5.74, 6) is 0.243. The molecule has 1 amide bonds. The Morgan fingerprint density at radius 3 is 2.22 bits per heavy atom. The van der Waals surface area contributed by atoms with Crippen molar-refractivity contribution in [2.75, 3.05) is 20.1 Å². The van der Waals surface area contributed by atoms with Gasteiger partial charge in [0.25, 0.3) is 0 Å². The van der Waals surface area contributed by atoms with E-state index in [9.17, 15) is 4.79 Å². The highest BCUT2D eigenvalue weighted by molar-refractivity contribution is 5.85. The number of hydrogen-bond donors (Lipinski definition) is 1. The van der Waals surface area contributed by atoms with Gasteiger partial charge in [-0.25, -0.2) is 0 Å².